The first-order chi connectivity index (χ1) is 12.2. The maximum atomic E-state index is 11.2. The third-order valence-corrected chi connectivity index (χ3v) is 9.55. The van der Waals surface area contributed by atoms with Gasteiger partial charge < -0.3 is 15.3 Å². The maximum absolute atomic E-state index is 11.2. The molecule has 4 aliphatic rings. The summed E-state index contributed by atoms with van der Waals surface area (Å²) < 4.78 is 0. The van der Waals surface area contributed by atoms with Gasteiger partial charge in [0.2, 0.25) is 0 Å². The summed E-state index contributed by atoms with van der Waals surface area (Å²) in [7, 11) is 0. The number of H-pyrrole nitrogens is 1. The number of aromatic amines is 1. The van der Waals surface area contributed by atoms with E-state index in [1.54, 1.807) is 0 Å². The van der Waals surface area contributed by atoms with E-state index >= 15 is 0 Å². The van der Waals surface area contributed by atoms with Crippen molar-refractivity contribution in [1.29, 1.82) is 0 Å². The molecule has 3 saturated carbocycles. The van der Waals surface area contributed by atoms with Gasteiger partial charge in [0.15, 0.2) is 0 Å². The molecule has 0 unspecified atom stereocenters. The Morgan fingerprint density at radius 3 is 2.54 bits per heavy atom. The zero-order valence-corrected chi connectivity index (χ0v) is 16.1. The van der Waals surface area contributed by atoms with E-state index in [0.717, 1.165) is 44.2 Å². The highest BCUT2D eigenvalue weighted by Gasteiger charge is 2.67. The second kappa shape index (κ2) is 5.12. The molecular weight excluding hydrogens is 328 g/mol. The first-order valence-electron chi connectivity index (χ1n) is 10.3. The van der Waals surface area contributed by atoms with Crippen LogP contribution < -0.4 is 0 Å². The van der Waals surface area contributed by atoms with Crippen LogP contribution in [0.3, 0.4) is 0 Å². The van der Waals surface area contributed by atoms with Crippen LogP contribution >= 0.6 is 0 Å². The lowest BCUT2D eigenvalue weighted by molar-refractivity contribution is -0.217. The highest BCUT2D eigenvalue weighted by atomic mass is 16.3. The van der Waals surface area contributed by atoms with Gasteiger partial charge in [-0.2, -0.15) is 5.10 Å². The summed E-state index contributed by atoms with van der Waals surface area (Å²) in [6, 6.07) is 0. The predicted octanol–water partition coefficient (Wildman–Crippen LogP) is 2.06. The fraction of sp³-hybridized carbons (Fsp3) is 0.857. The Kier molecular flexibility index (Phi) is 3.39. The Labute approximate surface area is 155 Å². The van der Waals surface area contributed by atoms with Crippen LogP contribution in [0.5, 0.6) is 0 Å². The van der Waals surface area contributed by atoms with Crippen molar-refractivity contribution in [3.8, 4) is 0 Å². The van der Waals surface area contributed by atoms with Crippen molar-refractivity contribution < 1.29 is 15.3 Å². The highest BCUT2D eigenvalue weighted by molar-refractivity contribution is 5.27. The zero-order valence-electron chi connectivity index (χ0n) is 16.1. The van der Waals surface area contributed by atoms with Gasteiger partial charge in [0.05, 0.1) is 24.0 Å². The smallest absolute Gasteiger partial charge is 0.0839 e. The summed E-state index contributed by atoms with van der Waals surface area (Å²) in [5.74, 6) is 0.816. The second-order valence-corrected chi connectivity index (χ2v) is 10.4. The van der Waals surface area contributed by atoms with E-state index in [-0.39, 0.29) is 28.6 Å². The van der Waals surface area contributed by atoms with Crippen LogP contribution in [0.2, 0.25) is 0 Å². The minimum Gasteiger partial charge on any atom is -0.390 e. The SMILES string of the molecule is C[C@]12Cc3cn[nH]c3C[C@@H]1[C@@H](O)[C@H](O)[C@@H]1[C@@H]2CC[C@@]2(C)[C@H]1CC[C@]2(C)O. The van der Waals surface area contributed by atoms with Crippen molar-refractivity contribution in [2.24, 2.45) is 34.5 Å². The lowest BCUT2D eigenvalue weighted by Crippen LogP contribution is -2.65. The lowest BCUT2D eigenvalue weighted by atomic mass is 9.43. The van der Waals surface area contributed by atoms with Crippen LogP contribution in [0.25, 0.3) is 0 Å². The van der Waals surface area contributed by atoms with E-state index in [4.69, 9.17) is 0 Å². The van der Waals surface area contributed by atoms with Crippen LogP contribution in [0.4, 0.5) is 0 Å². The fourth-order valence-corrected chi connectivity index (χ4v) is 7.73. The minimum absolute atomic E-state index is 0.0179. The van der Waals surface area contributed by atoms with E-state index in [1.165, 1.54) is 5.56 Å². The third-order valence-electron chi connectivity index (χ3n) is 9.55. The Hall–Kier alpha value is -0.910. The molecule has 3 fully saturated rings. The number of aliphatic hydroxyl groups is 3. The monoisotopic (exact) mass is 360 g/mol. The number of rotatable bonds is 0. The Balaban J connectivity index is 1.58. The molecule has 144 valence electrons. The quantitative estimate of drug-likeness (QED) is 0.570. The average molecular weight is 360 g/mol. The molecule has 0 aliphatic heterocycles. The Morgan fingerprint density at radius 2 is 1.77 bits per heavy atom. The van der Waals surface area contributed by atoms with Crippen LogP contribution in [0.15, 0.2) is 6.20 Å². The van der Waals surface area contributed by atoms with Crippen molar-refractivity contribution in [2.45, 2.75) is 77.1 Å². The molecule has 5 nitrogen and oxygen atoms in total. The van der Waals surface area contributed by atoms with Gasteiger partial charge in [0, 0.05) is 5.69 Å². The van der Waals surface area contributed by atoms with Crippen molar-refractivity contribution in [3.05, 3.63) is 17.5 Å². The number of aromatic nitrogens is 2. The fourth-order valence-electron chi connectivity index (χ4n) is 7.73. The molecule has 4 N–H and O–H groups in total. The van der Waals surface area contributed by atoms with Gasteiger partial charge in [-0.3, -0.25) is 5.10 Å². The lowest BCUT2D eigenvalue weighted by Gasteiger charge is -2.63. The molecule has 0 amide bonds. The predicted molar refractivity (Wildman–Crippen MR) is 97.3 cm³/mol. The molecule has 1 aromatic rings. The molecule has 26 heavy (non-hydrogen) atoms. The number of hydrogen-bond acceptors (Lipinski definition) is 4. The van der Waals surface area contributed by atoms with Gasteiger partial charge in [0.1, 0.15) is 0 Å². The normalized spacial score (nSPS) is 55.6. The average Bonchev–Trinajstić information content (AvgIpc) is 3.12. The van der Waals surface area contributed by atoms with Crippen LogP contribution in [-0.4, -0.2) is 43.3 Å². The van der Waals surface area contributed by atoms with Crippen molar-refractivity contribution in [1.82, 2.24) is 10.2 Å². The number of nitrogens with zero attached hydrogens (tertiary/aromatic N) is 1. The standard InChI is InChI=1S/C21H32N2O3/c1-19-9-11-10-22-23-15(11)8-14(19)17(24)18(25)16-12(19)4-6-20(2)13(16)5-7-21(20,3)26/h10,12-14,16-18,24-26H,4-9H2,1-3H3,(H,22,23)/t12-,13-,14+,16+,17+,18+,19+,20-,21-/m0/s1. The molecule has 5 rings (SSSR count). The molecule has 0 spiro atoms. The van der Waals surface area contributed by atoms with Crippen molar-refractivity contribution in [2.75, 3.05) is 0 Å². The molecule has 5 heteroatoms. The molecule has 0 aromatic carbocycles. The van der Waals surface area contributed by atoms with Crippen molar-refractivity contribution in [3.63, 3.8) is 0 Å². The van der Waals surface area contributed by atoms with E-state index < -0.39 is 17.8 Å². The Morgan fingerprint density at radius 1 is 1.04 bits per heavy atom. The zero-order chi connectivity index (χ0) is 18.5. The Bertz CT molecular complexity index is 731. The first-order valence-corrected chi connectivity index (χ1v) is 10.3. The molecule has 4 aliphatic carbocycles. The van der Waals surface area contributed by atoms with E-state index in [9.17, 15) is 15.3 Å². The van der Waals surface area contributed by atoms with Gasteiger partial charge >= 0.3 is 0 Å². The van der Waals surface area contributed by atoms with E-state index in [0.29, 0.717) is 5.92 Å². The molecular formula is C21H32N2O3. The van der Waals surface area contributed by atoms with Gasteiger partial charge in [0.25, 0.3) is 0 Å². The molecule has 0 radical (unpaired) electrons. The van der Waals surface area contributed by atoms with Crippen molar-refractivity contribution >= 4 is 0 Å². The van der Waals surface area contributed by atoms with Gasteiger partial charge in [-0.15, -0.1) is 0 Å². The summed E-state index contributed by atoms with van der Waals surface area (Å²) in [5.41, 5.74) is 1.55. The number of aliphatic hydroxyl groups excluding tert-OH is 2. The summed E-state index contributed by atoms with van der Waals surface area (Å²) in [6.07, 6.45) is 6.02. The molecule has 0 bridgehead atoms. The van der Waals surface area contributed by atoms with E-state index in [1.807, 2.05) is 13.1 Å². The first kappa shape index (κ1) is 17.2. The van der Waals surface area contributed by atoms with Gasteiger partial charge in [-0.05, 0) is 85.5 Å². The summed E-state index contributed by atoms with van der Waals surface area (Å²) in [4.78, 5) is 0. The maximum Gasteiger partial charge on any atom is 0.0839 e. The molecule has 9 atom stereocenters. The largest absolute Gasteiger partial charge is 0.390 e. The number of hydrogen-bond donors (Lipinski definition) is 4. The summed E-state index contributed by atoms with van der Waals surface area (Å²) >= 11 is 0. The van der Waals surface area contributed by atoms with Gasteiger partial charge in [-0.1, -0.05) is 13.8 Å². The highest BCUT2D eigenvalue weighted by Crippen LogP contribution is 2.67. The molecule has 1 aromatic heterocycles. The van der Waals surface area contributed by atoms with Gasteiger partial charge in [-0.25, -0.2) is 0 Å². The second-order valence-electron chi connectivity index (χ2n) is 10.4. The summed E-state index contributed by atoms with van der Waals surface area (Å²) in [5, 5.41) is 40.7. The number of nitrogens with one attached hydrogen (secondary N) is 1. The van der Waals surface area contributed by atoms with Crippen LogP contribution in [0.1, 0.15) is 57.7 Å². The van der Waals surface area contributed by atoms with Crippen LogP contribution in [0, 0.1) is 34.5 Å². The van der Waals surface area contributed by atoms with E-state index in [2.05, 4.69) is 24.0 Å². The minimum atomic E-state index is -0.703. The topological polar surface area (TPSA) is 89.4 Å². The molecule has 1 heterocycles. The molecule has 0 saturated heterocycles. The third kappa shape index (κ3) is 1.90. The summed E-state index contributed by atoms with van der Waals surface area (Å²) in [6.45, 7) is 6.52. The van der Waals surface area contributed by atoms with Crippen LogP contribution in [-0.2, 0) is 12.8 Å². The number of fused-ring (bicyclic) bond motifs is 6.